The summed E-state index contributed by atoms with van der Waals surface area (Å²) >= 11 is 6.26. The molecule has 2 aromatic heterocycles. The molecule has 1 N–H and O–H groups in total. The van der Waals surface area contributed by atoms with Crippen LogP contribution in [0.15, 0.2) is 18.6 Å². The van der Waals surface area contributed by atoms with Gasteiger partial charge in [0.15, 0.2) is 0 Å². The first kappa shape index (κ1) is 13.1. The fraction of sp³-hybridized carbons (Fsp3) is 0.500. The molecule has 0 spiro atoms. The predicted octanol–water partition coefficient (Wildman–Crippen LogP) is 1.99. The Morgan fingerprint density at radius 2 is 2.28 bits per heavy atom. The molecule has 2 aromatic rings. The Morgan fingerprint density at radius 1 is 1.50 bits per heavy atom. The standard InChI is InChI=1S/C12H18ClN5/c1-4-6-18-11(9(13)8-16-18)10(14-2)12-15-5-7-17(12)3/h5,7-8,10,14H,4,6H2,1-3H3. The summed E-state index contributed by atoms with van der Waals surface area (Å²) in [6.45, 7) is 2.97. The lowest BCUT2D eigenvalue weighted by Crippen LogP contribution is -2.24. The lowest BCUT2D eigenvalue weighted by atomic mass is 10.2. The van der Waals surface area contributed by atoms with E-state index in [9.17, 15) is 0 Å². The summed E-state index contributed by atoms with van der Waals surface area (Å²) < 4.78 is 3.93. The Kier molecular flexibility index (Phi) is 4.04. The monoisotopic (exact) mass is 267 g/mol. The van der Waals surface area contributed by atoms with Crippen molar-refractivity contribution in [3.8, 4) is 0 Å². The zero-order chi connectivity index (χ0) is 13.1. The topological polar surface area (TPSA) is 47.7 Å². The number of nitrogens with one attached hydrogen (secondary N) is 1. The maximum atomic E-state index is 6.26. The molecule has 0 fully saturated rings. The van der Waals surface area contributed by atoms with Crippen molar-refractivity contribution in [2.75, 3.05) is 7.05 Å². The zero-order valence-corrected chi connectivity index (χ0v) is 11.6. The van der Waals surface area contributed by atoms with Crippen molar-refractivity contribution >= 4 is 11.6 Å². The fourth-order valence-corrected chi connectivity index (χ4v) is 2.34. The van der Waals surface area contributed by atoms with E-state index in [0.29, 0.717) is 5.02 Å². The number of imidazole rings is 1. The van der Waals surface area contributed by atoms with E-state index < -0.39 is 0 Å². The average Bonchev–Trinajstić information content (AvgIpc) is 2.91. The van der Waals surface area contributed by atoms with E-state index in [1.807, 2.05) is 29.5 Å². The van der Waals surface area contributed by atoms with Crippen LogP contribution in [0.25, 0.3) is 0 Å². The molecule has 0 saturated heterocycles. The van der Waals surface area contributed by atoms with E-state index in [0.717, 1.165) is 24.5 Å². The maximum absolute atomic E-state index is 6.26. The molecule has 0 saturated carbocycles. The minimum absolute atomic E-state index is 0.0495. The maximum Gasteiger partial charge on any atom is 0.131 e. The lowest BCUT2D eigenvalue weighted by Gasteiger charge is -2.18. The Bertz CT molecular complexity index is 516. The van der Waals surface area contributed by atoms with Gasteiger partial charge in [0, 0.05) is 26.0 Å². The first-order valence-corrected chi connectivity index (χ1v) is 6.42. The average molecular weight is 268 g/mol. The second-order valence-electron chi connectivity index (χ2n) is 4.22. The highest BCUT2D eigenvalue weighted by Crippen LogP contribution is 2.27. The molecule has 0 aliphatic heterocycles. The summed E-state index contributed by atoms with van der Waals surface area (Å²) in [6, 6.07) is -0.0495. The van der Waals surface area contributed by atoms with Crippen LogP contribution in [0.1, 0.15) is 30.9 Å². The van der Waals surface area contributed by atoms with Crippen molar-refractivity contribution in [2.45, 2.75) is 25.9 Å². The molecule has 1 unspecified atom stereocenters. The Morgan fingerprint density at radius 3 is 2.83 bits per heavy atom. The third kappa shape index (κ3) is 2.28. The SMILES string of the molecule is CCCn1ncc(Cl)c1C(NC)c1nccn1C. The van der Waals surface area contributed by atoms with Gasteiger partial charge in [0.1, 0.15) is 11.9 Å². The number of hydrogen-bond acceptors (Lipinski definition) is 3. The van der Waals surface area contributed by atoms with Gasteiger partial charge in [-0.1, -0.05) is 18.5 Å². The molecule has 0 aromatic carbocycles. The van der Waals surface area contributed by atoms with E-state index in [4.69, 9.17) is 11.6 Å². The second-order valence-corrected chi connectivity index (χ2v) is 4.63. The van der Waals surface area contributed by atoms with Crippen molar-refractivity contribution in [1.82, 2.24) is 24.6 Å². The number of aromatic nitrogens is 4. The summed E-state index contributed by atoms with van der Waals surface area (Å²) in [5.74, 6) is 0.928. The molecule has 6 heteroatoms. The molecule has 0 aliphatic rings. The van der Waals surface area contributed by atoms with Crippen LogP contribution in [-0.4, -0.2) is 26.4 Å². The Balaban J connectivity index is 2.45. The van der Waals surface area contributed by atoms with Crippen LogP contribution < -0.4 is 5.32 Å². The molecular weight excluding hydrogens is 250 g/mol. The third-order valence-electron chi connectivity index (χ3n) is 2.95. The van der Waals surface area contributed by atoms with Gasteiger partial charge in [-0.25, -0.2) is 4.98 Å². The van der Waals surface area contributed by atoms with Gasteiger partial charge in [-0.05, 0) is 13.5 Å². The first-order chi connectivity index (χ1) is 8.69. The molecule has 0 amide bonds. The smallest absolute Gasteiger partial charge is 0.131 e. The van der Waals surface area contributed by atoms with Crippen LogP contribution >= 0.6 is 11.6 Å². The van der Waals surface area contributed by atoms with Crippen molar-refractivity contribution in [1.29, 1.82) is 0 Å². The largest absolute Gasteiger partial charge is 0.336 e. The zero-order valence-electron chi connectivity index (χ0n) is 10.9. The number of hydrogen-bond donors (Lipinski definition) is 1. The van der Waals surface area contributed by atoms with Crippen molar-refractivity contribution in [3.63, 3.8) is 0 Å². The molecule has 1 atom stereocenters. The normalized spacial score (nSPS) is 12.9. The number of nitrogens with zero attached hydrogens (tertiary/aromatic N) is 4. The highest BCUT2D eigenvalue weighted by Gasteiger charge is 2.23. The van der Waals surface area contributed by atoms with Crippen LogP contribution in [0.5, 0.6) is 0 Å². The number of rotatable bonds is 5. The van der Waals surface area contributed by atoms with E-state index in [-0.39, 0.29) is 6.04 Å². The molecule has 5 nitrogen and oxygen atoms in total. The van der Waals surface area contributed by atoms with Gasteiger partial charge >= 0.3 is 0 Å². The van der Waals surface area contributed by atoms with E-state index >= 15 is 0 Å². The third-order valence-corrected chi connectivity index (χ3v) is 3.24. The van der Waals surface area contributed by atoms with E-state index in [1.54, 1.807) is 12.4 Å². The van der Waals surface area contributed by atoms with Crippen molar-refractivity contribution in [3.05, 3.63) is 35.1 Å². The summed E-state index contributed by atoms with van der Waals surface area (Å²) in [5, 5.41) is 8.25. The van der Waals surface area contributed by atoms with Crippen molar-refractivity contribution < 1.29 is 0 Å². The molecule has 2 rings (SSSR count). The van der Waals surface area contributed by atoms with Crippen LogP contribution in [0.3, 0.4) is 0 Å². The number of aryl methyl sites for hydroxylation is 2. The summed E-state index contributed by atoms with van der Waals surface area (Å²) in [5.41, 5.74) is 0.968. The Labute approximate surface area is 112 Å². The predicted molar refractivity (Wildman–Crippen MR) is 71.6 cm³/mol. The van der Waals surface area contributed by atoms with Crippen molar-refractivity contribution in [2.24, 2.45) is 7.05 Å². The lowest BCUT2D eigenvalue weighted by molar-refractivity contribution is 0.515. The van der Waals surface area contributed by atoms with Crippen LogP contribution in [0.2, 0.25) is 5.02 Å². The molecular formula is C12H18ClN5. The van der Waals surface area contributed by atoms with Crippen LogP contribution in [0, 0.1) is 0 Å². The van der Waals surface area contributed by atoms with Gasteiger partial charge in [0.2, 0.25) is 0 Å². The molecule has 0 radical (unpaired) electrons. The summed E-state index contributed by atoms with van der Waals surface area (Å²) in [7, 11) is 3.88. The molecule has 2 heterocycles. The highest BCUT2D eigenvalue weighted by atomic mass is 35.5. The Hall–Kier alpha value is -1.33. The van der Waals surface area contributed by atoms with Gasteiger partial charge in [-0.15, -0.1) is 0 Å². The van der Waals surface area contributed by atoms with Gasteiger partial charge in [-0.2, -0.15) is 5.10 Å². The first-order valence-electron chi connectivity index (χ1n) is 6.04. The summed E-state index contributed by atoms with van der Waals surface area (Å²) in [4.78, 5) is 4.39. The number of halogens is 1. The molecule has 18 heavy (non-hydrogen) atoms. The minimum atomic E-state index is -0.0495. The highest BCUT2D eigenvalue weighted by molar-refractivity contribution is 6.31. The van der Waals surface area contributed by atoms with Crippen LogP contribution in [0.4, 0.5) is 0 Å². The fourth-order valence-electron chi connectivity index (χ4n) is 2.09. The molecule has 0 aliphatic carbocycles. The molecule has 0 bridgehead atoms. The molecule has 98 valence electrons. The van der Waals surface area contributed by atoms with Gasteiger partial charge in [-0.3, -0.25) is 4.68 Å². The van der Waals surface area contributed by atoms with Crippen LogP contribution in [-0.2, 0) is 13.6 Å². The summed E-state index contributed by atoms with van der Waals surface area (Å²) in [6.07, 6.45) is 6.42. The second kappa shape index (κ2) is 5.54. The van der Waals surface area contributed by atoms with E-state index in [1.165, 1.54) is 0 Å². The van der Waals surface area contributed by atoms with Gasteiger partial charge < -0.3 is 9.88 Å². The quantitative estimate of drug-likeness (QED) is 0.901. The van der Waals surface area contributed by atoms with E-state index in [2.05, 4.69) is 22.3 Å². The van der Waals surface area contributed by atoms with Gasteiger partial charge in [0.25, 0.3) is 0 Å². The minimum Gasteiger partial charge on any atom is -0.336 e. The van der Waals surface area contributed by atoms with Gasteiger partial charge in [0.05, 0.1) is 16.9 Å².